The van der Waals surface area contributed by atoms with Crippen LogP contribution in [-0.4, -0.2) is 54.1 Å². The minimum Gasteiger partial charge on any atom is -0.378 e. The fourth-order valence-corrected chi connectivity index (χ4v) is 5.77. The normalized spacial score (nSPS) is 13.8. The molecule has 1 aliphatic heterocycles. The van der Waals surface area contributed by atoms with Gasteiger partial charge in [-0.3, -0.25) is 19.9 Å². The van der Waals surface area contributed by atoms with Crippen molar-refractivity contribution in [3.63, 3.8) is 0 Å². The van der Waals surface area contributed by atoms with Crippen molar-refractivity contribution in [2.24, 2.45) is 4.99 Å². The Morgan fingerprint density at radius 1 is 1.16 bits per heavy atom. The second kappa shape index (κ2) is 11.5. The van der Waals surface area contributed by atoms with Crippen LogP contribution in [0.4, 0.5) is 22.7 Å². The maximum Gasteiger partial charge on any atom is 0.293 e. The molecule has 1 aromatic heterocycles. The predicted molar refractivity (Wildman–Crippen MR) is 149 cm³/mol. The zero-order valence-corrected chi connectivity index (χ0v) is 21.3. The van der Waals surface area contributed by atoms with Gasteiger partial charge in [0.25, 0.3) is 5.69 Å². The molecule has 0 bridgehead atoms. The molecule has 188 valence electrons. The lowest BCUT2D eigenvalue weighted by Crippen LogP contribution is -2.36. The van der Waals surface area contributed by atoms with Crippen molar-refractivity contribution < 1.29 is 14.5 Å². The minimum atomic E-state index is -0.356. The van der Waals surface area contributed by atoms with E-state index in [0.29, 0.717) is 37.6 Å². The van der Waals surface area contributed by atoms with Gasteiger partial charge in [0.05, 0.1) is 39.8 Å². The summed E-state index contributed by atoms with van der Waals surface area (Å²) in [5.41, 5.74) is 3.62. The number of nitro benzene ring substituents is 1. The number of nitrogens with zero attached hydrogens (tertiary/aromatic N) is 4. The van der Waals surface area contributed by atoms with Gasteiger partial charge in [-0.15, -0.1) is 11.3 Å². The molecular weight excluding hydrogens is 510 g/mol. The van der Waals surface area contributed by atoms with Gasteiger partial charge in [-0.2, -0.15) is 0 Å². The molecule has 1 N–H and O–H groups in total. The van der Waals surface area contributed by atoms with Crippen LogP contribution in [0.2, 0.25) is 0 Å². The summed E-state index contributed by atoms with van der Waals surface area (Å²) in [5.74, 6) is 0.174. The molecule has 11 heteroatoms. The van der Waals surface area contributed by atoms with Crippen molar-refractivity contribution in [1.29, 1.82) is 0 Å². The number of nitro groups is 1. The summed E-state index contributed by atoms with van der Waals surface area (Å²) < 4.78 is 7.11. The van der Waals surface area contributed by atoms with E-state index in [1.54, 1.807) is 18.3 Å². The number of hydrogen-bond donors (Lipinski definition) is 1. The fourth-order valence-electron chi connectivity index (χ4n) is 3.87. The summed E-state index contributed by atoms with van der Waals surface area (Å²) in [6.07, 6.45) is 1.63. The second-order valence-corrected chi connectivity index (χ2v) is 10.5. The average molecular weight is 534 g/mol. The summed E-state index contributed by atoms with van der Waals surface area (Å²) in [6, 6.07) is 20.2. The molecule has 2 heterocycles. The Morgan fingerprint density at radius 3 is 2.76 bits per heavy atom. The first-order chi connectivity index (χ1) is 18.0. The third-order valence-corrected chi connectivity index (χ3v) is 7.81. The van der Waals surface area contributed by atoms with Crippen LogP contribution in [0.3, 0.4) is 0 Å². The number of carbonyl (C=O) groups excluding carboxylic acids is 1. The number of fused-ring (bicyclic) bond motifs is 1. The number of thioether (sulfide) groups is 1. The number of morpholine rings is 1. The molecule has 1 fully saturated rings. The molecule has 0 atom stereocenters. The SMILES string of the molecule is O=C(CSc1nc2ccc(N=Cc3ccc(N4CCOCC4)c([N+](=O)[O-])c3)cc2s1)Nc1ccccc1. The van der Waals surface area contributed by atoms with Gasteiger partial charge < -0.3 is 15.0 Å². The Labute approximate surface area is 221 Å². The number of anilines is 2. The van der Waals surface area contributed by atoms with Gasteiger partial charge in [-0.25, -0.2) is 4.98 Å². The van der Waals surface area contributed by atoms with Gasteiger partial charge in [-0.05, 0) is 42.0 Å². The number of aliphatic imine (C=N–C) groups is 1. The highest BCUT2D eigenvalue weighted by atomic mass is 32.2. The number of amides is 1. The zero-order chi connectivity index (χ0) is 25.6. The van der Waals surface area contributed by atoms with Gasteiger partial charge in [-0.1, -0.05) is 36.0 Å². The molecule has 37 heavy (non-hydrogen) atoms. The van der Waals surface area contributed by atoms with Crippen molar-refractivity contribution in [2.45, 2.75) is 4.34 Å². The van der Waals surface area contributed by atoms with Crippen molar-refractivity contribution in [3.8, 4) is 0 Å². The summed E-state index contributed by atoms with van der Waals surface area (Å²) in [7, 11) is 0. The molecule has 1 aliphatic rings. The molecule has 0 radical (unpaired) electrons. The zero-order valence-electron chi connectivity index (χ0n) is 19.7. The van der Waals surface area contributed by atoms with E-state index in [1.165, 1.54) is 23.1 Å². The molecule has 1 amide bonds. The van der Waals surface area contributed by atoms with Gasteiger partial charge in [0.1, 0.15) is 5.69 Å². The van der Waals surface area contributed by atoms with E-state index >= 15 is 0 Å². The van der Waals surface area contributed by atoms with E-state index in [2.05, 4.69) is 15.3 Å². The molecule has 9 nitrogen and oxygen atoms in total. The number of hydrogen-bond acceptors (Lipinski definition) is 9. The lowest BCUT2D eigenvalue weighted by Gasteiger charge is -2.28. The average Bonchev–Trinajstić information content (AvgIpc) is 3.34. The number of rotatable bonds is 8. The van der Waals surface area contributed by atoms with Gasteiger partial charge in [0, 0.05) is 31.1 Å². The summed E-state index contributed by atoms with van der Waals surface area (Å²) in [5, 5.41) is 14.6. The van der Waals surface area contributed by atoms with Gasteiger partial charge >= 0.3 is 0 Å². The Hall–Kier alpha value is -3.80. The second-order valence-electron chi connectivity index (χ2n) is 8.20. The van der Waals surface area contributed by atoms with E-state index < -0.39 is 0 Å². The summed E-state index contributed by atoms with van der Waals surface area (Å²) in [4.78, 5) is 34.7. The van der Waals surface area contributed by atoms with Crippen LogP contribution in [-0.2, 0) is 9.53 Å². The third kappa shape index (κ3) is 6.31. The number of ether oxygens (including phenoxy) is 1. The van der Waals surface area contributed by atoms with Gasteiger partial charge in [0.15, 0.2) is 4.34 Å². The van der Waals surface area contributed by atoms with Crippen molar-refractivity contribution >= 4 is 68.2 Å². The van der Waals surface area contributed by atoms with E-state index in [9.17, 15) is 14.9 Å². The van der Waals surface area contributed by atoms with Crippen LogP contribution in [0.1, 0.15) is 5.56 Å². The summed E-state index contributed by atoms with van der Waals surface area (Å²) in [6.45, 7) is 2.37. The van der Waals surface area contributed by atoms with Crippen LogP contribution < -0.4 is 10.2 Å². The van der Waals surface area contributed by atoms with E-state index in [-0.39, 0.29) is 22.3 Å². The number of thiazole rings is 1. The molecule has 5 rings (SSSR count). The predicted octanol–water partition coefficient (Wildman–Crippen LogP) is 5.52. The third-order valence-electron chi connectivity index (χ3n) is 5.65. The van der Waals surface area contributed by atoms with Crippen LogP contribution in [0.5, 0.6) is 0 Å². The van der Waals surface area contributed by atoms with Crippen LogP contribution in [0.25, 0.3) is 10.2 Å². The topological polar surface area (TPSA) is 110 Å². The first kappa shape index (κ1) is 24.9. The van der Waals surface area contributed by atoms with Crippen molar-refractivity contribution in [2.75, 3.05) is 42.3 Å². The molecule has 0 unspecified atom stereocenters. The molecule has 3 aromatic carbocycles. The Balaban J connectivity index is 1.26. The van der Waals surface area contributed by atoms with Gasteiger partial charge in [0.2, 0.25) is 5.91 Å². The Kier molecular flexibility index (Phi) is 7.73. The number of nitrogens with one attached hydrogen (secondary N) is 1. The molecule has 0 saturated carbocycles. The number of para-hydroxylation sites is 1. The number of benzene rings is 3. The quantitative estimate of drug-likeness (QED) is 0.137. The van der Waals surface area contributed by atoms with E-state index in [0.717, 1.165) is 25.9 Å². The maximum atomic E-state index is 12.2. The standard InChI is InChI=1S/C26H23N5O4S2/c32-25(28-19-4-2-1-3-5-19)17-36-26-29-21-8-7-20(15-24(21)37-26)27-16-18-6-9-22(23(14-18)31(33)34)30-10-12-35-13-11-30/h1-9,14-16H,10-13,17H2,(H,28,32). The summed E-state index contributed by atoms with van der Waals surface area (Å²) >= 11 is 2.89. The Morgan fingerprint density at radius 2 is 1.97 bits per heavy atom. The molecule has 4 aromatic rings. The fraction of sp³-hybridized carbons (Fsp3) is 0.192. The molecule has 0 aliphatic carbocycles. The van der Waals surface area contributed by atoms with E-state index in [4.69, 9.17) is 4.74 Å². The lowest BCUT2D eigenvalue weighted by atomic mass is 10.1. The molecule has 0 spiro atoms. The van der Waals surface area contributed by atoms with E-state index in [1.807, 2.05) is 59.5 Å². The van der Waals surface area contributed by atoms with Crippen molar-refractivity contribution in [1.82, 2.24) is 4.98 Å². The highest BCUT2D eigenvalue weighted by molar-refractivity contribution is 8.01. The lowest BCUT2D eigenvalue weighted by molar-refractivity contribution is -0.384. The highest BCUT2D eigenvalue weighted by Gasteiger charge is 2.21. The molecular formula is C26H23N5O4S2. The van der Waals surface area contributed by atoms with Crippen LogP contribution >= 0.6 is 23.1 Å². The Bertz CT molecular complexity index is 1450. The number of carbonyl (C=O) groups is 1. The molecule has 1 saturated heterocycles. The minimum absolute atomic E-state index is 0.0572. The van der Waals surface area contributed by atoms with Crippen molar-refractivity contribution in [3.05, 3.63) is 82.4 Å². The first-order valence-corrected chi connectivity index (χ1v) is 13.4. The monoisotopic (exact) mass is 533 g/mol. The highest BCUT2D eigenvalue weighted by Crippen LogP contribution is 2.33. The number of aromatic nitrogens is 1. The van der Waals surface area contributed by atoms with Crippen LogP contribution in [0.15, 0.2) is 76.1 Å². The smallest absolute Gasteiger partial charge is 0.293 e. The maximum absolute atomic E-state index is 12.2. The largest absolute Gasteiger partial charge is 0.378 e. The van der Waals surface area contributed by atoms with Crippen LogP contribution in [0, 0.1) is 10.1 Å². The first-order valence-electron chi connectivity index (χ1n) is 11.6.